The fraction of sp³-hybridized carbons (Fsp3) is 0.714. The maximum atomic E-state index is 11.3. The van der Waals surface area contributed by atoms with E-state index in [9.17, 15) is 9.90 Å². The van der Waals surface area contributed by atoms with Gasteiger partial charge in [-0.05, 0) is 26.3 Å². The van der Waals surface area contributed by atoms with Gasteiger partial charge in [-0.15, -0.1) is 0 Å². The van der Waals surface area contributed by atoms with E-state index < -0.39 is 12.0 Å². The first kappa shape index (κ1) is 15.0. The van der Waals surface area contributed by atoms with Gasteiger partial charge in [-0.2, -0.15) is 5.10 Å². The number of aromatic nitrogens is 2. The van der Waals surface area contributed by atoms with Crippen LogP contribution in [0.2, 0.25) is 0 Å². The lowest BCUT2D eigenvalue weighted by Crippen LogP contribution is -2.51. The van der Waals surface area contributed by atoms with Gasteiger partial charge in [-0.3, -0.25) is 14.4 Å². The maximum absolute atomic E-state index is 11.3. The van der Waals surface area contributed by atoms with Crippen LogP contribution < -0.4 is 0 Å². The van der Waals surface area contributed by atoms with Crippen LogP contribution in [0.25, 0.3) is 0 Å². The molecule has 1 aliphatic rings. The number of nitrogens with zero attached hydrogens (tertiary/aromatic N) is 3. The maximum Gasteiger partial charge on any atom is 0.320 e. The zero-order valence-electron chi connectivity index (χ0n) is 12.4. The minimum Gasteiger partial charge on any atom is -0.480 e. The Labute approximate surface area is 119 Å². The number of ether oxygens (including phenoxy) is 1. The molecule has 20 heavy (non-hydrogen) atoms. The molecule has 2 atom stereocenters. The van der Waals surface area contributed by atoms with Crippen molar-refractivity contribution < 1.29 is 14.6 Å². The van der Waals surface area contributed by atoms with Gasteiger partial charge in [0.2, 0.25) is 0 Å². The molecular weight excluding hydrogens is 258 g/mol. The lowest BCUT2D eigenvalue weighted by molar-refractivity contribution is -0.147. The van der Waals surface area contributed by atoms with Crippen molar-refractivity contribution in [2.45, 2.75) is 45.9 Å². The van der Waals surface area contributed by atoms with Crippen molar-refractivity contribution in [2.75, 3.05) is 19.7 Å². The fourth-order valence-corrected chi connectivity index (χ4v) is 2.78. The molecule has 1 saturated heterocycles. The number of hydrogen-bond donors (Lipinski definition) is 1. The summed E-state index contributed by atoms with van der Waals surface area (Å²) in [6, 6.07) is 1.62. The van der Waals surface area contributed by atoms with E-state index in [2.05, 4.69) is 5.10 Å². The van der Waals surface area contributed by atoms with E-state index in [1.165, 1.54) is 0 Å². The number of morpholine rings is 1. The van der Waals surface area contributed by atoms with Gasteiger partial charge in [0.15, 0.2) is 0 Å². The van der Waals surface area contributed by atoms with E-state index in [-0.39, 0.29) is 6.10 Å². The van der Waals surface area contributed by atoms with E-state index in [0.717, 1.165) is 11.4 Å². The molecule has 0 bridgehead atoms. The fourth-order valence-electron chi connectivity index (χ4n) is 2.78. The molecule has 0 spiro atoms. The lowest BCUT2D eigenvalue weighted by atomic mass is 10.1. The van der Waals surface area contributed by atoms with Crippen molar-refractivity contribution in [3.63, 3.8) is 0 Å². The van der Waals surface area contributed by atoms with Crippen molar-refractivity contribution in [3.8, 4) is 0 Å². The Morgan fingerprint density at radius 2 is 2.35 bits per heavy atom. The Bertz CT molecular complexity index is 472. The highest BCUT2D eigenvalue weighted by Crippen LogP contribution is 2.14. The molecule has 1 aliphatic heterocycles. The summed E-state index contributed by atoms with van der Waals surface area (Å²) in [5, 5.41) is 13.7. The van der Waals surface area contributed by atoms with Crippen LogP contribution in [0.3, 0.4) is 0 Å². The van der Waals surface area contributed by atoms with Crippen molar-refractivity contribution in [1.29, 1.82) is 0 Å². The highest BCUT2D eigenvalue weighted by Gasteiger charge is 2.29. The number of carboxylic acid groups (broad SMARTS) is 1. The van der Waals surface area contributed by atoms with Crippen LogP contribution in [-0.2, 0) is 16.1 Å². The molecule has 0 saturated carbocycles. The van der Waals surface area contributed by atoms with E-state index in [1.807, 2.05) is 36.4 Å². The molecule has 1 aromatic heterocycles. The minimum absolute atomic E-state index is 0.00449. The molecule has 6 nitrogen and oxygen atoms in total. The normalized spacial score (nSPS) is 21.9. The monoisotopic (exact) mass is 281 g/mol. The van der Waals surface area contributed by atoms with E-state index in [1.54, 1.807) is 0 Å². The van der Waals surface area contributed by atoms with Gasteiger partial charge in [-0.25, -0.2) is 0 Å². The predicted octanol–water partition coefficient (Wildman–Crippen LogP) is 1.06. The Morgan fingerprint density at radius 1 is 1.60 bits per heavy atom. The number of rotatable bonds is 5. The van der Waals surface area contributed by atoms with Crippen molar-refractivity contribution in [3.05, 3.63) is 17.5 Å². The Morgan fingerprint density at radius 3 is 2.90 bits per heavy atom. The summed E-state index contributed by atoms with van der Waals surface area (Å²) < 4.78 is 7.69. The Balaban J connectivity index is 2.00. The topological polar surface area (TPSA) is 67.6 Å². The number of carboxylic acids is 1. The first-order valence-corrected chi connectivity index (χ1v) is 7.10. The van der Waals surface area contributed by atoms with Crippen LogP contribution in [-0.4, -0.2) is 57.6 Å². The van der Waals surface area contributed by atoms with Crippen LogP contribution in [0.5, 0.6) is 0 Å². The minimum atomic E-state index is -0.751. The number of hydrogen-bond acceptors (Lipinski definition) is 4. The third kappa shape index (κ3) is 3.37. The van der Waals surface area contributed by atoms with Crippen molar-refractivity contribution >= 4 is 5.97 Å². The molecule has 112 valence electrons. The standard InChI is InChI=1S/C14H23N3O3/c1-4-13(14(18)19)16-5-6-20-12(8-16)9-17-11(3)7-10(2)15-17/h7,12-13H,4-6,8-9H2,1-3H3,(H,18,19). The van der Waals surface area contributed by atoms with Gasteiger partial charge in [0.25, 0.3) is 0 Å². The van der Waals surface area contributed by atoms with Gasteiger partial charge in [0.1, 0.15) is 6.04 Å². The van der Waals surface area contributed by atoms with Crippen LogP contribution in [0.15, 0.2) is 6.07 Å². The third-order valence-corrected chi connectivity index (χ3v) is 3.76. The Kier molecular flexibility index (Phi) is 4.77. The van der Waals surface area contributed by atoms with Crippen molar-refractivity contribution in [2.24, 2.45) is 0 Å². The Hall–Kier alpha value is -1.40. The molecule has 6 heteroatoms. The molecule has 0 radical (unpaired) electrons. The second kappa shape index (κ2) is 6.37. The summed E-state index contributed by atoms with van der Waals surface area (Å²) in [5.41, 5.74) is 2.10. The lowest BCUT2D eigenvalue weighted by Gasteiger charge is -2.36. The van der Waals surface area contributed by atoms with Gasteiger partial charge in [0, 0.05) is 18.8 Å². The number of aliphatic carboxylic acids is 1. The molecule has 1 fully saturated rings. The molecule has 2 unspecified atom stereocenters. The molecule has 0 amide bonds. The average Bonchev–Trinajstić information content (AvgIpc) is 2.68. The second-order valence-electron chi connectivity index (χ2n) is 5.36. The van der Waals surface area contributed by atoms with Gasteiger partial charge in [0.05, 0.1) is 24.9 Å². The van der Waals surface area contributed by atoms with Gasteiger partial charge >= 0.3 is 5.97 Å². The van der Waals surface area contributed by atoms with E-state index in [4.69, 9.17) is 4.74 Å². The molecule has 1 aromatic rings. The quantitative estimate of drug-likeness (QED) is 0.874. The predicted molar refractivity (Wildman–Crippen MR) is 74.7 cm³/mol. The molecular formula is C14H23N3O3. The SMILES string of the molecule is CCC(C(=O)O)N1CCOC(Cn2nc(C)cc2C)C1. The zero-order chi connectivity index (χ0) is 14.7. The molecule has 0 aliphatic carbocycles. The first-order chi connectivity index (χ1) is 9.51. The summed E-state index contributed by atoms with van der Waals surface area (Å²) in [6.45, 7) is 8.47. The zero-order valence-corrected chi connectivity index (χ0v) is 12.4. The molecule has 2 rings (SSSR count). The van der Waals surface area contributed by atoms with Crippen LogP contribution in [0, 0.1) is 13.8 Å². The first-order valence-electron chi connectivity index (χ1n) is 7.10. The summed E-state index contributed by atoms with van der Waals surface area (Å²) in [7, 11) is 0. The average molecular weight is 281 g/mol. The highest BCUT2D eigenvalue weighted by atomic mass is 16.5. The van der Waals surface area contributed by atoms with Gasteiger partial charge in [-0.1, -0.05) is 6.92 Å². The molecule has 2 heterocycles. The largest absolute Gasteiger partial charge is 0.480 e. The van der Waals surface area contributed by atoms with Crippen molar-refractivity contribution in [1.82, 2.24) is 14.7 Å². The number of aryl methyl sites for hydroxylation is 2. The van der Waals surface area contributed by atoms with Crippen LogP contribution in [0.4, 0.5) is 0 Å². The van der Waals surface area contributed by atoms with Crippen LogP contribution in [0.1, 0.15) is 24.7 Å². The summed E-state index contributed by atoms with van der Waals surface area (Å²) in [4.78, 5) is 13.3. The summed E-state index contributed by atoms with van der Waals surface area (Å²) in [5.74, 6) is -0.751. The number of carbonyl (C=O) groups is 1. The van der Waals surface area contributed by atoms with Crippen LogP contribution >= 0.6 is 0 Å². The summed E-state index contributed by atoms with van der Waals surface area (Å²) >= 11 is 0. The van der Waals surface area contributed by atoms with E-state index in [0.29, 0.717) is 32.7 Å². The molecule has 0 aromatic carbocycles. The smallest absolute Gasteiger partial charge is 0.320 e. The van der Waals surface area contributed by atoms with Gasteiger partial charge < -0.3 is 9.84 Å². The molecule has 1 N–H and O–H groups in total. The summed E-state index contributed by atoms with van der Waals surface area (Å²) in [6.07, 6.45) is 0.609. The second-order valence-corrected chi connectivity index (χ2v) is 5.36. The third-order valence-electron chi connectivity index (χ3n) is 3.76. The highest BCUT2D eigenvalue weighted by molar-refractivity contribution is 5.73. The van der Waals surface area contributed by atoms with E-state index >= 15 is 0 Å².